The van der Waals surface area contributed by atoms with Crippen molar-refractivity contribution in [3.05, 3.63) is 29.6 Å². The molecule has 0 unspecified atom stereocenters. The van der Waals surface area contributed by atoms with Gasteiger partial charge in [0.25, 0.3) is 0 Å². The lowest BCUT2D eigenvalue weighted by molar-refractivity contribution is 0.0697. The summed E-state index contributed by atoms with van der Waals surface area (Å²) in [6.45, 7) is 2.71. The van der Waals surface area contributed by atoms with Crippen molar-refractivity contribution in [1.82, 2.24) is 4.90 Å². The summed E-state index contributed by atoms with van der Waals surface area (Å²) in [6.07, 6.45) is 2.07. The molecule has 0 bridgehead atoms. The molecule has 5 heteroatoms. The van der Waals surface area contributed by atoms with Gasteiger partial charge in [0.15, 0.2) is 0 Å². The first kappa shape index (κ1) is 14.8. The lowest BCUT2D eigenvalue weighted by Gasteiger charge is -2.35. The average Bonchev–Trinajstić information content (AvgIpc) is 2.39. The van der Waals surface area contributed by atoms with Gasteiger partial charge < -0.3 is 14.9 Å². The standard InChI is InChI=1S/C15H21FN2O2/c1-17(2)10-11-5-7-18(8-6-11)14-4-3-12(16)9-13(14)15(19)20/h3-4,9,11H,5-8,10H2,1-2H3,(H,19,20). The van der Waals surface area contributed by atoms with E-state index in [4.69, 9.17) is 0 Å². The number of carboxylic acid groups (broad SMARTS) is 1. The van der Waals surface area contributed by atoms with E-state index < -0.39 is 11.8 Å². The number of hydrogen-bond acceptors (Lipinski definition) is 3. The van der Waals surface area contributed by atoms with E-state index in [-0.39, 0.29) is 5.56 Å². The monoisotopic (exact) mass is 280 g/mol. The van der Waals surface area contributed by atoms with Crippen LogP contribution in [-0.4, -0.2) is 49.7 Å². The summed E-state index contributed by atoms with van der Waals surface area (Å²) >= 11 is 0. The molecule has 1 saturated heterocycles. The summed E-state index contributed by atoms with van der Waals surface area (Å²) in [4.78, 5) is 15.5. The molecular formula is C15H21FN2O2. The van der Waals surface area contributed by atoms with Crippen LogP contribution < -0.4 is 4.90 Å². The van der Waals surface area contributed by atoms with Crippen molar-refractivity contribution in [1.29, 1.82) is 0 Å². The summed E-state index contributed by atoms with van der Waals surface area (Å²) in [7, 11) is 4.13. The molecule has 0 aliphatic carbocycles. The first-order chi connectivity index (χ1) is 9.47. The van der Waals surface area contributed by atoms with Gasteiger partial charge in [0.2, 0.25) is 0 Å². The molecule has 1 aliphatic rings. The maximum Gasteiger partial charge on any atom is 0.337 e. The molecule has 1 aliphatic heterocycles. The minimum atomic E-state index is -1.07. The first-order valence-corrected chi connectivity index (χ1v) is 6.90. The van der Waals surface area contributed by atoms with Crippen LogP contribution in [0.25, 0.3) is 0 Å². The van der Waals surface area contributed by atoms with Gasteiger partial charge in [0.05, 0.1) is 11.3 Å². The highest BCUT2D eigenvalue weighted by molar-refractivity contribution is 5.94. The molecule has 0 spiro atoms. The van der Waals surface area contributed by atoms with E-state index in [0.29, 0.717) is 11.6 Å². The molecule has 1 heterocycles. The van der Waals surface area contributed by atoms with Gasteiger partial charge in [0.1, 0.15) is 5.82 Å². The second-order valence-electron chi connectivity index (χ2n) is 5.66. The lowest BCUT2D eigenvalue weighted by Crippen LogP contribution is -2.37. The third-order valence-electron chi connectivity index (χ3n) is 3.77. The molecule has 1 N–H and O–H groups in total. The van der Waals surface area contributed by atoms with Crippen LogP contribution >= 0.6 is 0 Å². The molecule has 1 aromatic rings. The Morgan fingerprint density at radius 1 is 1.40 bits per heavy atom. The highest BCUT2D eigenvalue weighted by Crippen LogP contribution is 2.27. The third-order valence-corrected chi connectivity index (χ3v) is 3.77. The van der Waals surface area contributed by atoms with Crippen LogP contribution in [0.2, 0.25) is 0 Å². The molecule has 0 radical (unpaired) electrons. The maximum absolute atomic E-state index is 13.2. The minimum absolute atomic E-state index is 0.0519. The SMILES string of the molecule is CN(C)CC1CCN(c2ccc(F)cc2C(=O)O)CC1. The highest BCUT2D eigenvalue weighted by atomic mass is 19.1. The van der Waals surface area contributed by atoms with Gasteiger partial charge >= 0.3 is 5.97 Å². The number of anilines is 1. The van der Waals surface area contributed by atoms with Crippen molar-refractivity contribution in [2.45, 2.75) is 12.8 Å². The Balaban J connectivity index is 2.09. The topological polar surface area (TPSA) is 43.8 Å². The van der Waals surface area contributed by atoms with Gasteiger partial charge in [0, 0.05) is 19.6 Å². The van der Waals surface area contributed by atoms with Gasteiger partial charge in [-0.25, -0.2) is 9.18 Å². The number of carboxylic acids is 1. The van der Waals surface area contributed by atoms with E-state index in [1.165, 1.54) is 6.07 Å². The molecule has 0 aromatic heterocycles. The van der Waals surface area contributed by atoms with E-state index in [1.54, 1.807) is 6.07 Å². The van der Waals surface area contributed by atoms with Crippen LogP contribution in [0, 0.1) is 11.7 Å². The molecule has 0 atom stereocenters. The van der Waals surface area contributed by atoms with Crippen molar-refractivity contribution >= 4 is 11.7 Å². The smallest absolute Gasteiger partial charge is 0.337 e. The minimum Gasteiger partial charge on any atom is -0.478 e. The number of carbonyl (C=O) groups is 1. The van der Waals surface area contributed by atoms with E-state index in [0.717, 1.165) is 38.5 Å². The third kappa shape index (κ3) is 3.48. The predicted molar refractivity (Wildman–Crippen MR) is 76.9 cm³/mol. The van der Waals surface area contributed by atoms with Crippen LogP contribution in [0.15, 0.2) is 18.2 Å². The average molecular weight is 280 g/mol. The van der Waals surface area contributed by atoms with E-state index in [2.05, 4.69) is 23.9 Å². The van der Waals surface area contributed by atoms with Crippen molar-refractivity contribution < 1.29 is 14.3 Å². The summed E-state index contributed by atoms with van der Waals surface area (Å²) in [5.41, 5.74) is 0.679. The van der Waals surface area contributed by atoms with Crippen molar-refractivity contribution in [3.8, 4) is 0 Å². The number of halogens is 1. The zero-order chi connectivity index (χ0) is 14.7. The Kier molecular flexibility index (Phi) is 4.60. The first-order valence-electron chi connectivity index (χ1n) is 6.90. The molecule has 4 nitrogen and oxygen atoms in total. The highest BCUT2D eigenvalue weighted by Gasteiger charge is 2.23. The molecule has 0 saturated carbocycles. The fraction of sp³-hybridized carbons (Fsp3) is 0.533. The quantitative estimate of drug-likeness (QED) is 0.919. The van der Waals surface area contributed by atoms with E-state index in [9.17, 15) is 14.3 Å². The van der Waals surface area contributed by atoms with Crippen LogP contribution in [0.5, 0.6) is 0 Å². The molecule has 1 aromatic carbocycles. The molecule has 1 fully saturated rings. The molecular weight excluding hydrogens is 259 g/mol. The predicted octanol–water partition coefficient (Wildman–Crippen LogP) is 2.30. The Morgan fingerprint density at radius 2 is 2.05 bits per heavy atom. The molecule has 110 valence electrons. The fourth-order valence-corrected chi connectivity index (χ4v) is 2.83. The summed E-state index contributed by atoms with van der Waals surface area (Å²) < 4.78 is 13.2. The Morgan fingerprint density at radius 3 is 2.60 bits per heavy atom. The van der Waals surface area contributed by atoms with Gasteiger partial charge in [-0.1, -0.05) is 0 Å². The number of rotatable bonds is 4. The van der Waals surface area contributed by atoms with Gasteiger partial charge in [-0.2, -0.15) is 0 Å². The summed E-state index contributed by atoms with van der Waals surface area (Å²) in [5, 5.41) is 9.19. The van der Waals surface area contributed by atoms with Crippen LogP contribution in [0.4, 0.5) is 10.1 Å². The second-order valence-corrected chi connectivity index (χ2v) is 5.66. The normalized spacial score (nSPS) is 16.7. The molecule has 0 amide bonds. The number of hydrogen-bond donors (Lipinski definition) is 1. The van der Waals surface area contributed by atoms with Crippen LogP contribution in [0.3, 0.4) is 0 Å². The van der Waals surface area contributed by atoms with Crippen molar-refractivity contribution in [2.24, 2.45) is 5.92 Å². The molecule has 20 heavy (non-hydrogen) atoms. The zero-order valence-electron chi connectivity index (χ0n) is 12.0. The number of piperidine rings is 1. The fourth-order valence-electron chi connectivity index (χ4n) is 2.83. The summed E-state index contributed by atoms with van der Waals surface area (Å²) in [6, 6.07) is 4.00. The number of aromatic carboxylic acids is 1. The van der Waals surface area contributed by atoms with Crippen molar-refractivity contribution in [3.63, 3.8) is 0 Å². The van der Waals surface area contributed by atoms with E-state index >= 15 is 0 Å². The van der Waals surface area contributed by atoms with Gasteiger partial charge in [-0.3, -0.25) is 0 Å². The Labute approximate surface area is 118 Å². The molecule has 2 rings (SSSR count). The number of benzene rings is 1. The van der Waals surface area contributed by atoms with Gasteiger partial charge in [-0.15, -0.1) is 0 Å². The van der Waals surface area contributed by atoms with Crippen LogP contribution in [0.1, 0.15) is 23.2 Å². The number of nitrogens with zero attached hydrogens (tertiary/aromatic N) is 2. The maximum atomic E-state index is 13.2. The lowest BCUT2D eigenvalue weighted by atomic mass is 9.95. The second kappa shape index (κ2) is 6.22. The summed E-state index contributed by atoms with van der Waals surface area (Å²) in [5.74, 6) is -0.932. The van der Waals surface area contributed by atoms with E-state index in [1.807, 2.05) is 0 Å². The van der Waals surface area contributed by atoms with Gasteiger partial charge in [-0.05, 0) is 51.1 Å². The zero-order valence-corrected chi connectivity index (χ0v) is 12.0. The Bertz CT molecular complexity index is 483. The Hall–Kier alpha value is -1.62. The largest absolute Gasteiger partial charge is 0.478 e. The van der Waals surface area contributed by atoms with Crippen LogP contribution in [-0.2, 0) is 0 Å². The van der Waals surface area contributed by atoms with Crippen molar-refractivity contribution in [2.75, 3.05) is 38.6 Å².